The molecule has 0 aliphatic carbocycles. The first-order valence-electron chi connectivity index (χ1n) is 11.9. The zero-order chi connectivity index (χ0) is 30.1. The maximum Gasteiger partial charge on any atom is 0.427 e. The van der Waals surface area contributed by atoms with Crippen LogP contribution in [-0.4, -0.2) is 59.5 Å². The van der Waals surface area contributed by atoms with Crippen LogP contribution in [0.3, 0.4) is 0 Å². The Hall–Kier alpha value is -2.62. The molecule has 0 aromatic heterocycles. The van der Waals surface area contributed by atoms with Crippen LogP contribution in [0.25, 0.3) is 0 Å². The number of nitrogens with one attached hydrogen (secondary N) is 1. The Kier molecular flexibility index (Phi) is 9.33. The van der Waals surface area contributed by atoms with Crippen molar-refractivity contribution in [2.45, 2.75) is 56.4 Å². The van der Waals surface area contributed by atoms with Crippen molar-refractivity contribution < 1.29 is 48.7 Å². The number of fused-ring (bicyclic) bond motifs is 1. The Morgan fingerprint density at radius 2 is 1.82 bits per heavy atom. The summed E-state index contributed by atoms with van der Waals surface area (Å²) in [5, 5.41) is -0.452. The summed E-state index contributed by atoms with van der Waals surface area (Å²) in [6.07, 6.45) is -6.45. The molecule has 9 nitrogen and oxygen atoms in total. The highest BCUT2D eigenvalue weighted by molar-refractivity contribution is 7.92. The number of carbonyl (C=O) groups excluding carboxylic acids is 1. The van der Waals surface area contributed by atoms with Crippen molar-refractivity contribution in [3.63, 3.8) is 0 Å². The van der Waals surface area contributed by atoms with Crippen LogP contribution in [0.4, 0.5) is 23.2 Å². The summed E-state index contributed by atoms with van der Waals surface area (Å²) in [4.78, 5) is 11.9. The topological polar surface area (TPSA) is 119 Å². The fourth-order valence-electron chi connectivity index (χ4n) is 3.73. The normalized spacial score (nSPS) is 16.3. The average Bonchev–Trinajstić information content (AvgIpc) is 2.82. The summed E-state index contributed by atoms with van der Waals surface area (Å²) in [6.45, 7) is 2.80. The predicted octanol–water partition coefficient (Wildman–Crippen LogP) is 4.19. The lowest BCUT2D eigenvalue weighted by Gasteiger charge is -2.36. The molecular formula is C24H27ClF4N2O7S2. The van der Waals surface area contributed by atoms with Crippen molar-refractivity contribution in [3.05, 3.63) is 52.8 Å². The quantitative estimate of drug-likeness (QED) is 0.309. The molecule has 0 unspecified atom stereocenters. The number of esters is 1. The molecule has 1 N–H and O–H groups in total. The molecule has 16 heteroatoms. The smallest absolute Gasteiger partial charge is 0.427 e. The van der Waals surface area contributed by atoms with E-state index in [0.717, 1.165) is 22.5 Å². The van der Waals surface area contributed by atoms with Crippen molar-refractivity contribution in [2.75, 3.05) is 23.1 Å². The Morgan fingerprint density at radius 3 is 2.42 bits per heavy atom. The highest BCUT2D eigenvalue weighted by Crippen LogP contribution is 2.39. The molecule has 0 fully saturated rings. The van der Waals surface area contributed by atoms with E-state index in [1.807, 2.05) is 0 Å². The minimum Gasteiger partial charge on any atom is -0.486 e. The minimum atomic E-state index is -4.82. The third-order valence-corrected chi connectivity index (χ3v) is 9.47. The molecule has 0 saturated carbocycles. The molecule has 0 saturated heterocycles. The fraction of sp³-hybridized carbons (Fsp3) is 0.458. The van der Waals surface area contributed by atoms with Crippen molar-refractivity contribution in [3.8, 4) is 5.75 Å². The molecule has 1 aliphatic rings. The van der Waals surface area contributed by atoms with Gasteiger partial charge in [0.15, 0.2) is 0 Å². The van der Waals surface area contributed by atoms with E-state index < -0.39 is 61.2 Å². The molecule has 40 heavy (non-hydrogen) atoms. The molecule has 0 spiro atoms. The van der Waals surface area contributed by atoms with Crippen LogP contribution in [0.2, 0.25) is 5.02 Å². The summed E-state index contributed by atoms with van der Waals surface area (Å²) in [5.74, 6) is -2.40. The molecule has 2 aromatic carbocycles. The van der Waals surface area contributed by atoms with Gasteiger partial charge in [0.25, 0.3) is 10.0 Å². The highest BCUT2D eigenvalue weighted by Gasteiger charge is 2.50. The first-order chi connectivity index (χ1) is 18.4. The van der Waals surface area contributed by atoms with E-state index in [9.17, 15) is 39.2 Å². The number of nitrogens with zero attached hydrogens (tertiary/aromatic N) is 1. The zero-order valence-corrected chi connectivity index (χ0v) is 24.0. The van der Waals surface area contributed by atoms with Gasteiger partial charge in [-0.05, 0) is 49.7 Å². The van der Waals surface area contributed by atoms with Crippen molar-refractivity contribution in [2.24, 2.45) is 0 Å². The van der Waals surface area contributed by atoms with Crippen LogP contribution in [0.1, 0.15) is 32.8 Å². The molecule has 0 amide bonds. The number of halogens is 5. The first kappa shape index (κ1) is 31.9. The van der Waals surface area contributed by atoms with Crippen LogP contribution >= 0.6 is 11.6 Å². The molecule has 2 aromatic rings. The summed E-state index contributed by atoms with van der Waals surface area (Å²) >= 11 is 5.80. The van der Waals surface area contributed by atoms with E-state index in [-0.39, 0.29) is 47.2 Å². The number of ether oxygens (including phenoxy) is 2. The molecule has 1 heterocycles. The van der Waals surface area contributed by atoms with Crippen molar-refractivity contribution in [1.82, 2.24) is 4.72 Å². The van der Waals surface area contributed by atoms with Gasteiger partial charge in [0, 0.05) is 13.0 Å². The second kappa shape index (κ2) is 11.7. The van der Waals surface area contributed by atoms with E-state index in [0.29, 0.717) is 13.8 Å². The van der Waals surface area contributed by atoms with E-state index in [1.165, 1.54) is 18.2 Å². The lowest BCUT2D eigenvalue weighted by molar-refractivity contribution is -0.257. The molecule has 0 bridgehead atoms. The zero-order valence-electron chi connectivity index (χ0n) is 21.6. The van der Waals surface area contributed by atoms with Gasteiger partial charge in [-0.3, -0.25) is 9.10 Å². The van der Waals surface area contributed by atoms with Crippen LogP contribution in [0.15, 0.2) is 41.3 Å². The number of hydrogen-bond donors (Lipinski definition) is 1. The number of hydrogen-bond acceptors (Lipinski definition) is 7. The largest absolute Gasteiger partial charge is 0.486 e. The molecule has 222 valence electrons. The molecular weight excluding hydrogens is 604 g/mol. The predicted molar refractivity (Wildman–Crippen MR) is 139 cm³/mol. The van der Waals surface area contributed by atoms with Gasteiger partial charge in [-0.15, -0.1) is 0 Å². The van der Waals surface area contributed by atoms with Crippen molar-refractivity contribution >= 4 is 43.3 Å². The maximum absolute atomic E-state index is 13.7. The number of carbonyl (C=O) groups is 1. The number of anilines is 1. The SMILES string of the molecule is CCNS(=O)(=O)CC[C@H]1CN(S(=O)(=O)c2ccc(F)c(Cl)c2)c2cc(CC(=O)OC(C)(C)C(F)(F)F)ccc2O1. The third kappa shape index (κ3) is 7.36. The highest BCUT2D eigenvalue weighted by atomic mass is 35.5. The van der Waals surface area contributed by atoms with E-state index >= 15 is 0 Å². The van der Waals surface area contributed by atoms with E-state index in [1.54, 1.807) is 6.92 Å². The first-order valence-corrected chi connectivity index (χ1v) is 15.4. The van der Waals surface area contributed by atoms with E-state index in [4.69, 9.17) is 16.3 Å². The summed E-state index contributed by atoms with van der Waals surface area (Å²) in [7, 11) is -8.09. The van der Waals surface area contributed by atoms with Crippen LogP contribution in [-0.2, 0) is 36.0 Å². The standard InChI is InChI=1S/C24H27ClF4N2O7S2/c1-4-30-39(33,34)10-9-16-14-31(40(35,36)17-6-7-19(26)18(25)13-17)20-11-15(5-8-21(20)37-16)12-22(32)38-23(2,3)24(27,28)29/h5-8,11,13,16,30H,4,9-10,12,14H2,1-3H3/t16-/m0/s1. The fourth-order valence-corrected chi connectivity index (χ4v) is 6.66. The average molecular weight is 631 g/mol. The second-order valence-electron chi connectivity index (χ2n) is 9.42. The van der Waals surface area contributed by atoms with Gasteiger partial charge in [0.05, 0.1) is 34.3 Å². The van der Waals surface area contributed by atoms with Crippen molar-refractivity contribution in [1.29, 1.82) is 0 Å². The Bertz CT molecular complexity index is 1480. The van der Waals surface area contributed by atoms with Crippen LogP contribution in [0.5, 0.6) is 5.75 Å². The minimum absolute atomic E-state index is 0.0154. The lowest BCUT2D eigenvalue weighted by Crippen LogP contribution is -2.45. The summed E-state index contributed by atoms with van der Waals surface area (Å²) in [6, 6.07) is 6.68. The van der Waals surface area contributed by atoms with Crippen LogP contribution in [0, 0.1) is 5.82 Å². The Balaban J connectivity index is 1.97. The van der Waals surface area contributed by atoms with Gasteiger partial charge >= 0.3 is 12.1 Å². The maximum atomic E-state index is 13.7. The number of alkyl halides is 3. The van der Waals surface area contributed by atoms with Gasteiger partial charge in [0.2, 0.25) is 15.6 Å². The van der Waals surface area contributed by atoms with Gasteiger partial charge in [-0.25, -0.2) is 25.9 Å². The second-order valence-corrected chi connectivity index (χ2v) is 13.6. The van der Waals surface area contributed by atoms with E-state index in [2.05, 4.69) is 9.46 Å². The number of rotatable bonds is 10. The van der Waals surface area contributed by atoms with Gasteiger partial charge in [-0.1, -0.05) is 24.6 Å². The van der Waals surface area contributed by atoms with Crippen LogP contribution < -0.4 is 13.8 Å². The van der Waals surface area contributed by atoms with Gasteiger partial charge < -0.3 is 9.47 Å². The molecule has 1 atom stereocenters. The third-order valence-electron chi connectivity index (χ3n) is 5.91. The summed E-state index contributed by atoms with van der Waals surface area (Å²) in [5.41, 5.74) is -2.69. The monoisotopic (exact) mass is 630 g/mol. The van der Waals surface area contributed by atoms with Gasteiger partial charge in [0.1, 0.15) is 17.7 Å². The lowest BCUT2D eigenvalue weighted by atomic mass is 10.1. The van der Waals surface area contributed by atoms with Gasteiger partial charge in [-0.2, -0.15) is 13.2 Å². The number of benzene rings is 2. The number of sulfonamides is 2. The summed E-state index contributed by atoms with van der Waals surface area (Å²) < 4.78 is 118. The Morgan fingerprint density at radius 1 is 1.15 bits per heavy atom. The molecule has 1 aliphatic heterocycles. The molecule has 0 radical (unpaired) electrons. The Labute approximate surface area is 234 Å². The molecule has 3 rings (SSSR count).